The van der Waals surface area contributed by atoms with Crippen LogP contribution in [0.1, 0.15) is 17.3 Å². The molecule has 1 amide bonds. The van der Waals surface area contributed by atoms with Crippen LogP contribution < -0.4 is 19.5 Å². The van der Waals surface area contributed by atoms with Crippen molar-refractivity contribution in [1.29, 1.82) is 0 Å². The quantitative estimate of drug-likeness (QED) is 0.421. The Morgan fingerprint density at radius 1 is 0.857 bits per heavy atom. The largest absolute Gasteiger partial charge is 0.497 e. The predicted molar refractivity (Wildman–Crippen MR) is 131 cm³/mol. The number of rotatable bonds is 10. The maximum atomic E-state index is 12.8. The van der Waals surface area contributed by atoms with Gasteiger partial charge in [-0.3, -0.25) is 9.59 Å². The Morgan fingerprint density at radius 2 is 1.49 bits per heavy atom. The number of hydrogen-bond acceptors (Lipinski definition) is 7. The summed E-state index contributed by atoms with van der Waals surface area (Å²) in [5, 5.41) is 2.67. The Kier molecular flexibility index (Phi) is 8.10. The smallest absolute Gasteiger partial charge is 0.243 e. The van der Waals surface area contributed by atoms with Crippen LogP contribution in [0.4, 0.5) is 5.69 Å². The summed E-state index contributed by atoms with van der Waals surface area (Å²) in [7, 11) is 0.442. The van der Waals surface area contributed by atoms with Crippen LogP contribution in [0.5, 0.6) is 23.0 Å². The van der Waals surface area contributed by atoms with Gasteiger partial charge in [0, 0.05) is 24.4 Å². The minimum Gasteiger partial charge on any atom is -0.497 e. The summed E-state index contributed by atoms with van der Waals surface area (Å²) >= 11 is 0. The van der Waals surface area contributed by atoms with Gasteiger partial charge in [0.05, 0.1) is 25.7 Å². The van der Waals surface area contributed by atoms with Gasteiger partial charge in [0.1, 0.15) is 11.5 Å². The zero-order chi connectivity index (χ0) is 25.6. The number of carbonyl (C=O) groups excluding carboxylic acids is 2. The molecule has 0 aliphatic carbocycles. The van der Waals surface area contributed by atoms with Gasteiger partial charge in [-0.25, -0.2) is 8.42 Å². The van der Waals surface area contributed by atoms with Crippen LogP contribution in [0.25, 0.3) is 0 Å². The van der Waals surface area contributed by atoms with Gasteiger partial charge in [0.25, 0.3) is 0 Å². The van der Waals surface area contributed by atoms with E-state index >= 15 is 0 Å². The third-order valence-electron chi connectivity index (χ3n) is 5.07. The third-order valence-corrected chi connectivity index (χ3v) is 6.89. The second-order valence-corrected chi connectivity index (χ2v) is 9.58. The van der Waals surface area contributed by atoms with Crippen molar-refractivity contribution in [3.05, 3.63) is 72.3 Å². The fourth-order valence-electron chi connectivity index (χ4n) is 3.13. The standard InChI is InChI=1S/C25H26N2O7S/c1-17(28)18-5-12-22(13-6-18)35(30,31)27(2)16-25(29)26-19-7-14-23(33-4)24(15-19)34-21-10-8-20(32-3)9-11-21/h5-15H,16H2,1-4H3,(H,26,29). The molecule has 0 bridgehead atoms. The zero-order valence-corrected chi connectivity index (χ0v) is 20.6. The number of Topliss-reactive ketones (excluding diaryl/α,β-unsaturated/α-hetero) is 1. The molecule has 0 saturated heterocycles. The molecule has 0 atom stereocenters. The molecule has 0 spiro atoms. The van der Waals surface area contributed by atoms with Crippen molar-refractivity contribution in [3.63, 3.8) is 0 Å². The van der Waals surface area contributed by atoms with Crippen molar-refractivity contribution in [2.24, 2.45) is 0 Å². The molecule has 184 valence electrons. The van der Waals surface area contributed by atoms with Gasteiger partial charge in [-0.05, 0) is 55.5 Å². The van der Waals surface area contributed by atoms with E-state index in [1.54, 1.807) is 49.6 Å². The number of amides is 1. The number of hydrogen-bond donors (Lipinski definition) is 1. The molecule has 0 unspecified atom stereocenters. The number of ether oxygens (including phenoxy) is 3. The van der Waals surface area contributed by atoms with Crippen LogP contribution in [-0.4, -0.2) is 52.2 Å². The number of sulfonamides is 1. The van der Waals surface area contributed by atoms with E-state index in [4.69, 9.17) is 14.2 Å². The minimum absolute atomic E-state index is 0.0163. The maximum absolute atomic E-state index is 12.8. The third kappa shape index (κ3) is 6.37. The highest BCUT2D eigenvalue weighted by molar-refractivity contribution is 7.89. The molecule has 35 heavy (non-hydrogen) atoms. The van der Waals surface area contributed by atoms with E-state index in [0.717, 1.165) is 4.31 Å². The lowest BCUT2D eigenvalue weighted by Gasteiger charge is -2.17. The second-order valence-electron chi connectivity index (χ2n) is 7.53. The molecule has 3 aromatic carbocycles. The summed E-state index contributed by atoms with van der Waals surface area (Å²) in [5.41, 5.74) is 0.799. The molecule has 9 nitrogen and oxygen atoms in total. The highest BCUT2D eigenvalue weighted by Crippen LogP contribution is 2.34. The summed E-state index contributed by atoms with van der Waals surface area (Å²) in [6.45, 7) is 0.976. The Morgan fingerprint density at radius 3 is 2.06 bits per heavy atom. The van der Waals surface area contributed by atoms with E-state index < -0.39 is 22.5 Å². The van der Waals surface area contributed by atoms with Crippen LogP contribution in [0.3, 0.4) is 0 Å². The zero-order valence-electron chi connectivity index (χ0n) is 19.8. The van der Waals surface area contributed by atoms with E-state index in [1.165, 1.54) is 45.3 Å². The highest BCUT2D eigenvalue weighted by atomic mass is 32.2. The molecule has 10 heteroatoms. The van der Waals surface area contributed by atoms with Crippen molar-refractivity contribution in [2.45, 2.75) is 11.8 Å². The van der Waals surface area contributed by atoms with Gasteiger partial charge >= 0.3 is 0 Å². The Labute approximate surface area is 204 Å². The first kappa shape index (κ1) is 25.7. The molecule has 1 N–H and O–H groups in total. The van der Waals surface area contributed by atoms with Crippen LogP contribution >= 0.6 is 0 Å². The van der Waals surface area contributed by atoms with Crippen LogP contribution in [0.2, 0.25) is 0 Å². The van der Waals surface area contributed by atoms with Gasteiger partial charge in [0.15, 0.2) is 17.3 Å². The highest BCUT2D eigenvalue weighted by Gasteiger charge is 2.23. The molecular formula is C25H26N2O7S. The second kappa shape index (κ2) is 11.0. The van der Waals surface area contributed by atoms with Crippen molar-refractivity contribution in [1.82, 2.24) is 4.31 Å². The first-order valence-electron chi connectivity index (χ1n) is 10.5. The van der Waals surface area contributed by atoms with Crippen molar-refractivity contribution < 1.29 is 32.2 Å². The predicted octanol–water partition coefficient (Wildman–Crippen LogP) is 3.96. The van der Waals surface area contributed by atoms with E-state index in [2.05, 4.69) is 5.32 Å². The molecule has 3 rings (SSSR count). The summed E-state index contributed by atoms with van der Waals surface area (Å²) < 4.78 is 42.9. The molecule has 0 aliphatic rings. The minimum atomic E-state index is -3.93. The average Bonchev–Trinajstić information content (AvgIpc) is 2.84. The Hall–Kier alpha value is -3.89. The fourth-order valence-corrected chi connectivity index (χ4v) is 4.26. The summed E-state index contributed by atoms with van der Waals surface area (Å²) in [6, 6.07) is 17.3. The van der Waals surface area contributed by atoms with Crippen molar-refractivity contribution in [2.75, 3.05) is 33.1 Å². The molecule has 0 fully saturated rings. The van der Waals surface area contributed by atoms with Gasteiger partial charge in [-0.2, -0.15) is 4.31 Å². The summed E-state index contributed by atoms with van der Waals surface area (Å²) in [6.07, 6.45) is 0. The number of nitrogens with zero attached hydrogens (tertiary/aromatic N) is 1. The number of carbonyl (C=O) groups is 2. The van der Waals surface area contributed by atoms with Crippen molar-refractivity contribution in [3.8, 4) is 23.0 Å². The number of anilines is 1. The number of methoxy groups -OCH3 is 2. The lowest BCUT2D eigenvalue weighted by molar-refractivity contribution is -0.116. The van der Waals surface area contributed by atoms with Gasteiger partial charge < -0.3 is 19.5 Å². The number of likely N-dealkylation sites (N-methyl/N-ethyl adjacent to an activating group) is 1. The Bertz CT molecular complexity index is 1300. The first-order chi connectivity index (χ1) is 16.6. The molecule has 3 aromatic rings. The molecule has 0 aliphatic heterocycles. The van der Waals surface area contributed by atoms with E-state index in [9.17, 15) is 18.0 Å². The average molecular weight is 499 g/mol. The normalized spacial score (nSPS) is 11.1. The fraction of sp³-hybridized carbons (Fsp3) is 0.200. The van der Waals surface area contributed by atoms with E-state index in [1.807, 2.05) is 0 Å². The SMILES string of the molecule is COc1ccc(Oc2cc(NC(=O)CN(C)S(=O)(=O)c3ccc(C(C)=O)cc3)ccc2OC)cc1. The lowest BCUT2D eigenvalue weighted by atomic mass is 10.2. The summed E-state index contributed by atoms with van der Waals surface area (Å²) in [4.78, 5) is 24.0. The molecule has 0 saturated carbocycles. The first-order valence-corrected chi connectivity index (χ1v) is 11.9. The topological polar surface area (TPSA) is 111 Å². The van der Waals surface area contributed by atoms with Crippen LogP contribution in [0.15, 0.2) is 71.6 Å². The van der Waals surface area contributed by atoms with Gasteiger partial charge in [0.2, 0.25) is 15.9 Å². The summed E-state index contributed by atoms with van der Waals surface area (Å²) in [5.74, 6) is 1.32. The van der Waals surface area contributed by atoms with E-state index in [-0.39, 0.29) is 10.7 Å². The van der Waals surface area contributed by atoms with Gasteiger partial charge in [-0.1, -0.05) is 12.1 Å². The van der Waals surface area contributed by atoms with Crippen molar-refractivity contribution >= 4 is 27.4 Å². The van der Waals surface area contributed by atoms with E-state index in [0.29, 0.717) is 34.2 Å². The molecule has 0 aromatic heterocycles. The van der Waals surface area contributed by atoms with Crippen LogP contribution in [-0.2, 0) is 14.8 Å². The maximum Gasteiger partial charge on any atom is 0.243 e. The number of nitrogens with one attached hydrogen (secondary N) is 1. The van der Waals surface area contributed by atoms with Gasteiger partial charge in [-0.15, -0.1) is 0 Å². The van der Waals surface area contributed by atoms with Crippen LogP contribution in [0, 0.1) is 0 Å². The number of ketones is 1. The monoisotopic (exact) mass is 498 g/mol. The molecule has 0 radical (unpaired) electrons. The lowest BCUT2D eigenvalue weighted by Crippen LogP contribution is -2.35. The molecular weight excluding hydrogens is 472 g/mol. The molecule has 0 heterocycles. The Balaban J connectivity index is 1.70. The number of benzene rings is 3.